The van der Waals surface area contributed by atoms with E-state index in [4.69, 9.17) is 4.42 Å². The number of rotatable bonds is 7. The number of hydrogen-bond donors (Lipinski definition) is 1. The molecule has 0 radical (unpaired) electrons. The zero-order valence-corrected chi connectivity index (χ0v) is 16.5. The molecule has 0 aliphatic carbocycles. The lowest BCUT2D eigenvalue weighted by Crippen LogP contribution is -2.34. The number of hydrogen-bond acceptors (Lipinski definition) is 5. The number of benzene rings is 1. The molecule has 0 bridgehead atoms. The Kier molecular flexibility index (Phi) is 6.22. The van der Waals surface area contributed by atoms with Crippen LogP contribution in [0.3, 0.4) is 0 Å². The minimum atomic E-state index is -3.61. The van der Waals surface area contributed by atoms with Gasteiger partial charge in [-0.2, -0.15) is 0 Å². The van der Waals surface area contributed by atoms with Crippen molar-refractivity contribution in [3.63, 3.8) is 0 Å². The lowest BCUT2D eigenvalue weighted by atomic mass is 10.1. The van der Waals surface area contributed by atoms with Crippen molar-refractivity contribution >= 4 is 15.9 Å². The van der Waals surface area contributed by atoms with Crippen molar-refractivity contribution in [2.45, 2.75) is 17.9 Å². The first-order valence-corrected chi connectivity index (χ1v) is 9.59. The molecule has 1 aromatic heterocycles. The minimum absolute atomic E-state index is 0.121. The normalized spacial score (nSPS) is 13.2. The molecule has 2 aromatic rings. The van der Waals surface area contributed by atoms with Crippen LogP contribution in [-0.4, -0.2) is 58.3 Å². The highest BCUT2D eigenvalue weighted by atomic mass is 32.2. The van der Waals surface area contributed by atoms with Gasteiger partial charge in [-0.1, -0.05) is 6.07 Å². The monoisotopic (exact) mass is 379 g/mol. The Morgan fingerprint density at radius 1 is 1.19 bits per heavy atom. The van der Waals surface area contributed by atoms with Crippen molar-refractivity contribution in [2.24, 2.45) is 0 Å². The average molecular weight is 379 g/mol. The summed E-state index contributed by atoms with van der Waals surface area (Å²) < 4.78 is 31.4. The molecule has 1 aromatic carbocycles. The summed E-state index contributed by atoms with van der Waals surface area (Å²) in [4.78, 5) is 14.6. The fourth-order valence-corrected chi connectivity index (χ4v) is 3.67. The van der Waals surface area contributed by atoms with E-state index in [0.717, 1.165) is 10.1 Å². The van der Waals surface area contributed by atoms with E-state index >= 15 is 0 Å². The largest absolute Gasteiger partial charge is 0.468 e. The number of aryl methyl sites for hydroxylation is 1. The Hall–Kier alpha value is -2.16. The van der Waals surface area contributed by atoms with E-state index in [-0.39, 0.29) is 16.8 Å². The van der Waals surface area contributed by atoms with Crippen molar-refractivity contribution < 1.29 is 17.6 Å². The molecule has 0 aliphatic rings. The van der Waals surface area contributed by atoms with Crippen molar-refractivity contribution in [3.8, 4) is 0 Å². The predicted octanol–water partition coefficient (Wildman–Crippen LogP) is 1.87. The van der Waals surface area contributed by atoms with E-state index in [1.54, 1.807) is 31.4 Å². The van der Waals surface area contributed by atoms with Crippen LogP contribution in [0.4, 0.5) is 0 Å². The van der Waals surface area contributed by atoms with Crippen molar-refractivity contribution in [2.75, 3.05) is 34.7 Å². The van der Waals surface area contributed by atoms with E-state index in [1.807, 2.05) is 25.1 Å². The van der Waals surface area contributed by atoms with Crippen LogP contribution in [0.2, 0.25) is 0 Å². The zero-order valence-electron chi connectivity index (χ0n) is 15.7. The number of nitrogens with one attached hydrogen (secondary N) is 1. The summed E-state index contributed by atoms with van der Waals surface area (Å²) in [5.41, 5.74) is 0.893. The molecule has 0 saturated carbocycles. The number of nitrogens with zero attached hydrogens (tertiary/aromatic N) is 2. The van der Waals surface area contributed by atoms with Gasteiger partial charge < -0.3 is 9.73 Å². The highest BCUT2D eigenvalue weighted by Gasteiger charge is 2.22. The standard InChI is InChI=1S/C18H25N3O4S/c1-13-8-9-14(11-17(13)26(23,24)21(4)5)18(22)19-12-15(20(2)3)16-7-6-10-25-16/h6-11,15H,12H2,1-5H3,(H,19,22). The highest BCUT2D eigenvalue weighted by molar-refractivity contribution is 7.89. The van der Waals surface area contributed by atoms with E-state index in [0.29, 0.717) is 17.7 Å². The Morgan fingerprint density at radius 3 is 2.42 bits per heavy atom. The molecule has 1 heterocycles. The highest BCUT2D eigenvalue weighted by Crippen LogP contribution is 2.21. The summed E-state index contributed by atoms with van der Waals surface area (Å²) in [6.07, 6.45) is 1.59. The first-order valence-electron chi connectivity index (χ1n) is 8.15. The maximum atomic E-state index is 12.5. The molecule has 1 N–H and O–H groups in total. The third-order valence-corrected chi connectivity index (χ3v) is 6.12. The second-order valence-electron chi connectivity index (χ2n) is 6.47. The number of furan rings is 1. The molecule has 1 atom stereocenters. The molecule has 2 rings (SSSR count). The van der Waals surface area contributed by atoms with Crippen LogP contribution in [0.5, 0.6) is 0 Å². The van der Waals surface area contributed by atoms with E-state index in [9.17, 15) is 13.2 Å². The number of carbonyl (C=O) groups excluding carboxylic acids is 1. The molecule has 0 fully saturated rings. The van der Waals surface area contributed by atoms with Crippen LogP contribution in [0.15, 0.2) is 45.9 Å². The van der Waals surface area contributed by atoms with Gasteiger partial charge in [-0.3, -0.25) is 9.69 Å². The molecule has 1 unspecified atom stereocenters. The van der Waals surface area contributed by atoms with Gasteiger partial charge in [0.25, 0.3) is 5.91 Å². The molecule has 142 valence electrons. The summed E-state index contributed by atoms with van der Waals surface area (Å²) in [6, 6.07) is 8.20. The summed E-state index contributed by atoms with van der Waals surface area (Å²) >= 11 is 0. The van der Waals surface area contributed by atoms with Crippen LogP contribution in [0, 0.1) is 6.92 Å². The van der Waals surface area contributed by atoms with Crippen LogP contribution in [0.25, 0.3) is 0 Å². The molecule has 0 saturated heterocycles. The second kappa shape index (κ2) is 8.03. The lowest BCUT2D eigenvalue weighted by molar-refractivity contribution is 0.0939. The summed E-state index contributed by atoms with van der Waals surface area (Å²) in [5.74, 6) is 0.411. The molecule has 8 heteroatoms. The van der Waals surface area contributed by atoms with Crippen molar-refractivity contribution in [1.82, 2.24) is 14.5 Å². The van der Waals surface area contributed by atoms with Crippen LogP contribution < -0.4 is 5.32 Å². The lowest BCUT2D eigenvalue weighted by Gasteiger charge is -2.22. The van der Waals surface area contributed by atoms with Gasteiger partial charge in [0.1, 0.15) is 5.76 Å². The molecule has 26 heavy (non-hydrogen) atoms. The van der Waals surface area contributed by atoms with Crippen LogP contribution >= 0.6 is 0 Å². The maximum absolute atomic E-state index is 12.5. The van der Waals surface area contributed by atoms with Gasteiger partial charge in [-0.15, -0.1) is 0 Å². The number of amides is 1. The molecule has 7 nitrogen and oxygen atoms in total. The number of carbonyl (C=O) groups is 1. The average Bonchev–Trinajstić information content (AvgIpc) is 3.08. The second-order valence-corrected chi connectivity index (χ2v) is 8.59. The fourth-order valence-electron chi connectivity index (χ4n) is 2.53. The number of sulfonamides is 1. The Bertz CT molecular complexity index is 859. The quantitative estimate of drug-likeness (QED) is 0.794. The number of likely N-dealkylation sites (N-methyl/N-ethyl adjacent to an activating group) is 1. The van der Waals surface area contributed by atoms with Crippen LogP contribution in [0.1, 0.15) is 27.7 Å². The first-order chi connectivity index (χ1) is 12.1. The van der Waals surface area contributed by atoms with E-state index in [2.05, 4.69) is 5.32 Å². The Labute approximate surface area is 154 Å². The molecule has 1 amide bonds. The summed E-state index contributed by atoms with van der Waals surface area (Å²) in [7, 11) is 3.11. The SMILES string of the molecule is Cc1ccc(C(=O)NCC(c2ccco2)N(C)C)cc1S(=O)(=O)N(C)C. The maximum Gasteiger partial charge on any atom is 0.251 e. The topological polar surface area (TPSA) is 82.9 Å². The van der Waals surface area contributed by atoms with Gasteiger partial charge in [-0.25, -0.2) is 12.7 Å². The van der Waals surface area contributed by atoms with Gasteiger partial charge >= 0.3 is 0 Å². The summed E-state index contributed by atoms with van der Waals surface area (Å²) in [6.45, 7) is 2.04. The first kappa shape index (κ1) is 20.2. The fraction of sp³-hybridized carbons (Fsp3) is 0.389. The third-order valence-electron chi connectivity index (χ3n) is 4.16. The smallest absolute Gasteiger partial charge is 0.251 e. The van der Waals surface area contributed by atoms with E-state index in [1.165, 1.54) is 20.2 Å². The van der Waals surface area contributed by atoms with Gasteiger partial charge in [0.2, 0.25) is 10.0 Å². The third kappa shape index (κ3) is 4.32. The van der Waals surface area contributed by atoms with Gasteiger partial charge in [0.05, 0.1) is 17.2 Å². The van der Waals surface area contributed by atoms with E-state index < -0.39 is 10.0 Å². The zero-order chi connectivity index (χ0) is 19.5. The van der Waals surface area contributed by atoms with Crippen LogP contribution in [-0.2, 0) is 10.0 Å². The molecular weight excluding hydrogens is 354 g/mol. The minimum Gasteiger partial charge on any atom is -0.468 e. The van der Waals surface area contributed by atoms with Gasteiger partial charge in [0.15, 0.2) is 0 Å². The predicted molar refractivity (Wildman–Crippen MR) is 99.5 cm³/mol. The van der Waals surface area contributed by atoms with Crippen molar-refractivity contribution in [3.05, 3.63) is 53.5 Å². The van der Waals surface area contributed by atoms with Gasteiger partial charge in [0, 0.05) is 26.2 Å². The molecule has 0 spiro atoms. The Morgan fingerprint density at radius 2 is 1.88 bits per heavy atom. The molecular formula is C18H25N3O4S. The summed E-state index contributed by atoms with van der Waals surface area (Å²) in [5, 5.41) is 2.85. The van der Waals surface area contributed by atoms with Gasteiger partial charge in [-0.05, 0) is 50.8 Å². The Balaban J connectivity index is 2.20. The molecule has 0 aliphatic heterocycles. The van der Waals surface area contributed by atoms with Crippen molar-refractivity contribution in [1.29, 1.82) is 0 Å².